The molecule has 2 aliphatic heterocycles. The van der Waals surface area contributed by atoms with E-state index in [0.29, 0.717) is 5.41 Å². The van der Waals surface area contributed by atoms with Crippen LogP contribution in [0.15, 0.2) is 36.4 Å². The highest BCUT2D eigenvalue weighted by Gasteiger charge is 2.44. The molecule has 2 aliphatic rings. The van der Waals surface area contributed by atoms with Crippen molar-refractivity contribution in [2.45, 2.75) is 12.8 Å². The number of hydrogen-bond donors (Lipinski definition) is 1. The fraction of sp³-hybridized carbons (Fsp3) is 0.438. The molecule has 3 rings (SSSR count). The third-order valence-corrected chi connectivity index (χ3v) is 4.25. The third-order valence-electron chi connectivity index (χ3n) is 4.25. The Morgan fingerprint density at radius 1 is 1.15 bits per heavy atom. The Morgan fingerprint density at radius 2 is 1.80 bits per heavy atom. The number of likely N-dealkylation sites (tertiary alicyclic amines) is 1. The summed E-state index contributed by atoms with van der Waals surface area (Å²) in [4.78, 5) is 14.0. The predicted octanol–water partition coefficient (Wildman–Crippen LogP) is 2.33. The molecule has 2 saturated heterocycles. The first-order valence-electron chi connectivity index (χ1n) is 7.00. The third kappa shape index (κ3) is 3.22. The van der Waals surface area contributed by atoms with E-state index in [2.05, 4.69) is 5.32 Å². The first kappa shape index (κ1) is 15.1. The van der Waals surface area contributed by atoms with Gasteiger partial charge in [-0.3, -0.25) is 4.79 Å². The Balaban J connectivity index is 0.00000147. The van der Waals surface area contributed by atoms with Gasteiger partial charge < -0.3 is 10.2 Å². The summed E-state index contributed by atoms with van der Waals surface area (Å²) in [5.74, 6) is 0.146. The average Bonchev–Trinajstić information content (AvgIpc) is 2.44. The van der Waals surface area contributed by atoms with E-state index in [9.17, 15) is 4.79 Å². The first-order valence-corrected chi connectivity index (χ1v) is 7.00. The number of nitrogens with one attached hydrogen (secondary N) is 1. The molecule has 2 heterocycles. The molecule has 20 heavy (non-hydrogen) atoms. The monoisotopic (exact) mass is 292 g/mol. The summed E-state index contributed by atoms with van der Waals surface area (Å²) in [6.45, 7) is 4.07. The molecule has 1 aromatic rings. The molecule has 0 radical (unpaired) electrons. The van der Waals surface area contributed by atoms with Crippen LogP contribution in [0.1, 0.15) is 18.4 Å². The largest absolute Gasteiger partial charge is 0.338 e. The van der Waals surface area contributed by atoms with E-state index in [-0.39, 0.29) is 18.3 Å². The fourth-order valence-electron chi connectivity index (χ4n) is 3.03. The number of amides is 1. The Bertz CT molecular complexity index is 473. The van der Waals surface area contributed by atoms with Crippen molar-refractivity contribution in [3.8, 4) is 0 Å². The van der Waals surface area contributed by atoms with Crippen molar-refractivity contribution in [1.29, 1.82) is 0 Å². The van der Waals surface area contributed by atoms with E-state index >= 15 is 0 Å². The molecule has 0 bridgehead atoms. The standard InChI is InChI=1S/C16H20N2O.ClH/c19-15(7-6-14-4-2-1-3-5-14)18-12-16(13-18)8-10-17-11-9-16;/h1-7,17H,8-13H2;1H/b7-6+;. The Morgan fingerprint density at radius 3 is 2.45 bits per heavy atom. The van der Waals surface area contributed by atoms with Crippen LogP contribution in [0.5, 0.6) is 0 Å². The Labute approximate surface area is 126 Å². The minimum absolute atomic E-state index is 0. The maximum absolute atomic E-state index is 12.0. The van der Waals surface area contributed by atoms with Gasteiger partial charge in [-0.1, -0.05) is 30.3 Å². The van der Waals surface area contributed by atoms with Gasteiger partial charge in [0, 0.05) is 24.6 Å². The summed E-state index contributed by atoms with van der Waals surface area (Å²) in [5.41, 5.74) is 1.49. The first-order chi connectivity index (χ1) is 9.27. The number of piperidine rings is 1. The van der Waals surface area contributed by atoms with Crippen molar-refractivity contribution in [1.82, 2.24) is 10.2 Å². The van der Waals surface area contributed by atoms with E-state index in [1.54, 1.807) is 6.08 Å². The zero-order valence-corrected chi connectivity index (χ0v) is 12.4. The summed E-state index contributed by atoms with van der Waals surface area (Å²) in [6.07, 6.45) is 6.01. The van der Waals surface area contributed by atoms with Gasteiger partial charge in [-0.05, 0) is 37.6 Å². The lowest BCUT2D eigenvalue weighted by Crippen LogP contribution is -2.61. The normalized spacial score (nSPS) is 20.5. The van der Waals surface area contributed by atoms with Crippen LogP contribution in [0.2, 0.25) is 0 Å². The van der Waals surface area contributed by atoms with Crippen molar-refractivity contribution >= 4 is 24.4 Å². The second kappa shape index (κ2) is 6.42. The van der Waals surface area contributed by atoms with Gasteiger partial charge in [0.2, 0.25) is 5.91 Å². The maximum Gasteiger partial charge on any atom is 0.246 e. The summed E-state index contributed by atoms with van der Waals surface area (Å²) in [5, 5.41) is 3.38. The van der Waals surface area contributed by atoms with Crippen LogP contribution in [0, 0.1) is 5.41 Å². The molecule has 1 spiro atoms. The van der Waals surface area contributed by atoms with Crippen LogP contribution >= 0.6 is 12.4 Å². The maximum atomic E-state index is 12.0. The van der Waals surface area contributed by atoms with Crippen molar-refractivity contribution in [3.63, 3.8) is 0 Å². The molecule has 4 heteroatoms. The molecule has 0 unspecified atom stereocenters. The van der Waals surface area contributed by atoms with Gasteiger partial charge in [-0.15, -0.1) is 12.4 Å². The molecule has 0 aromatic heterocycles. The molecule has 0 atom stereocenters. The summed E-state index contributed by atoms with van der Waals surface area (Å²) < 4.78 is 0. The molecule has 2 fully saturated rings. The topological polar surface area (TPSA) is 32.3 Å². The summed E-state index contributed by atoms with van der Waals surface area (Å²) >= 11 is 0. The Kier molecular flexibility index (Phi) is 4.84. The van der Waals surface area contributed by atoms with E-state index in [0.717, 1.165) is 31.7 Å². The average molecular weight is 293 g/mol. The van der Waals surface area contributed by atoms with Gasteiger partial charge in [0.1, 0.15) is 0 Å². The molecule has 0 saturated carbocycles. The van der Waals surface area contributed by atoms with E-state index in [4.69, 9.17) is 0 Å². The number of carbonyl (C=O) groups is 1. The quantitative estimate of drug-likeness (QED) is 0.849. The van der Waals surface area contributed by atoms with Gasteiger partial charge in [0.25, 0.3) is 0 Å². The second-order valence-electron chi connectivity index (χ2n) is 5.69. The van der Waals surface area contributed by atoms with Crippen molar-refractivity contribution < 1.29 is 4.79 Å². The van der Waals surface area contributed by atoms with Crippen molar-refractivity contribution in [2.24, 2.45) is 5.41 Å². The molecular formula is C16H21ClN2O. The fourth-order valence-corrected chi connectivity index (χ4v) is 3.03. The van der Waals surface area contributed by atoms with Gasteiger partial charge in [0.05, 0.1) is 0 Å². The SMILES string of the molecule is Cl.O=C(/C=C/c1ccccc1)N1CC2(CCNCC2)C1. The molecule has 1 amide bonds. The zero-order chi connectivity index (χ0) is 13.1. The van der Waals surface area contributed by atoms with Crippen molar-refractivity contribution in [2.75, 3.05) is 26.2 Å². The number of hydrogen-bond acceptors (Lipinski definition) is 2. The van der Waals surface area contributed by atoms with Crippen LogP contribution in [0.25, 0.3) is 6.08 Å². The lowest BCUT2D eigenvalue weighted by Gasteiger charge is -2.52. The zero-order valence-electron chi connectivity index (χ0n) is 11.5. The predicted molar refractivity (Wildman–Crippen MR) is 83.8 cm³/mol. The highest BCUT2D eigenvalue weighted by molar-refractivity contribution is 5.92. The van der Waals surface area contributed by atoms with Crippen molar-refractivity contribution in [3.05, 3.63) is 42.0 Å². The molecule has 1 N–H and O–H groups in total. The number of nitrogens with zero attached hydrogens (tertiary/aromatic N) is 1. The summed E-state index contributed by atoms with van der Waals surface area (Å²) in [6, 6.07) is 9.97. The van der Waals surface area contributed by atoms with Crippen LogP contribution in [0.3, 0.4) is 0 Å². The lowest BCUT2D eigenvalue weighted by molar-refractivity contribution is -0.139. The molecule has 3 nitrogen and oxygen atoms in total. The molecule has 0 aliphatic carbocycles. The highest BCUT2D eigenvalue weighted by atomic mass is 35.5. The number of benzene rings is 1. The van der Waals surface area contributed by atoms with E-state index in [1.165, 1.54) is 12.8 Å². The Hall–Kier alpha value is -1.32. The van der Waals surface area contributed by atoms with Crippen LogP contribution < -0.4 is 5.32 Å². The van der Waals surface area contributed by atoms with Gasteiger partial charge in [0.15, 0.2) is 0 Å². The van der Waals surface area contributed by atoms with E-state index in [1.807, 2.05) is 41.3 Å². The molecular weight excluding hydrogens is 272 g/mol. The van der Waals surface area contributed by atoms with Gasteiger partial charge in [-0.2, -0.15) is 0 Å². The highest BCUT2D eigenvalue weighted by Crippen LogP contribution is 2.38. The smallest absolute Gasteiger partial charge is 0.246 e. The lowest BCUT2D eigenvalue weighted by atomic mass is 9.72. The summed E-state index contributed by atoms with van der Waals surface area (Å²) in [7, 11) is 0. The van der Waals surface area contributed by atoms with Crippen LogP contribution in [-0.2, 0) is 4.79 Å². The van der Waals surface area contributed by atoms with Crippen LogP contribution in [0.4, 0.5) is 0 Å². The second-order valence-corrected chi connectivity index (χ2v) is 5.69. The van der Waals surface area contributed by atoms with Gasteiger partial charge >= 0.3 is 0 Å². The minimum atomic E-state index is 0. The minimum Gasteiger partial charge on any atom is -0.338 e. The van der Waals surface area contributed by atoms with E-state index < -0.39 is 0 Å². The number of halogens is 1. The number of carbonyl (C=O) groups excluding carboxylic acids is 1. The van der Waals surface area contributed by atoms with Gasteiger partial charge in [-0.25, -0.2) is 0 Å². The van der Waals surface area contributed by atoms with Crippen LogP contribution in [-0.4, -0.2) is 37.0 Å². The number of rotatable bonds is 2. The molecule has 108 valence electrons. The molecule has 1 aromatic carbocycles.